The van der Waals surface area contributed by atoms with Crippen LogP contribution in [-0.2, 0) is 27.1 Å². The number of benzene rings is 8. The normalized spacial score (nSPS) is 14.2. The van der Waals surface area contributed by atoms with Crippen molar-refractivity contribution in [2.24, 2.45) is 0 Å². The van der Waals surface area contributed by atoms with Crippen LogP contribution in [0.15, 0.2) is 243 Å². The minimum atomic E-state index is -0.940. The Morgan fingerprint density at radius 2 is 0.929 bits per heavy atom. The second-order valence-electron chi connectivity index (χ2n) is 27.4. The maximum atomic E-state index is 14.7. The highest BCUT2D eigenvalue weighted by molar-refractivity contribution is 6.07. The Hall–Kier alpha value is -11.3. The summed E-state index contributed by atoms with van der Waals surface area (Å²) in [6.45, 7) is 16.4. The molecule has 0 spiro atoms. The second kappa shape index (κ2) is 25.9. The van der Waals surface area contributed by atoms with Crippen LogP contribution in [0, 0.1) is 11.6 Å². The Labute approximate surface area is 571 Å². The molecular weight excluding hydrogens is 1240 g/mol. The summed E-state index contributed by atoms with van der Waals surface area (Å²) in [5.74, 6) is -1.92. The van der Waals surface area contributed by atoms with Gasteiger partial charge < -0.3 is 29.2 Å². The summed E-state index contributed by atoms with van der Waals surface area (Å²) in [4.78, 5) is 48.7. The molecule has 3 N–H and O–H groups in total. The number of ether oxygens (including phenoxy) is 2. The summed E-state index contributed by atoms with van der Waals surface area (Å²) in [6, 6.07) is 70.5. The maximum absolute atomic E-state index is 14.7. The monoisotopic (exact) mass is 1320 g/mol. The summed E-state index contributed by atoms with van der Waals surface area (Å²) >= 11 is 0. The molecule has 496 valence electrons. The van der Waals surface area contributed by atoms with Gasteiger partial charge in [-0.2, -0.15) is 10.2 Å². The lowest BCUT2D eigenvalue weighted by Gasteiger charge is -2.38. The molecule has 0 bridgehead atoms. The zero-order valence-electron chi connectivity index (χ0n) is 56.2. The molecule has 6 aromatic heterocycles. The van der Waals surface area contributed by atoms with E-state index in [-0.39, 0.29) is 29.6 Å². The number of amides is 2. The largest absolute Gasteiger partial charge is 0.348 e. The van der Waals surface area contributed by atoms with E-state index in [1.54, 1.807) is 29.2 Å². The fourth-order valence-corrected chi connectivity index (χ4v) is 13.6. The van der Waals surface area contributed by atoms with Crippen LogP contribution < -0.4 is 10.6 Å². The van der Waals surface area contributed by atoms with Crippen molar-refractivity contribution in [1.29, 1.82) is 0 Å². The summed E-state index contributed by atoms with van der Waals surface area (Å²) < 4.78 is 46.4. The third-order valence-electron chi connectivity index (χ3n) is 17.8. The van der Waals surface area contributed by atoms with E-state index < -0.39 is 27.9 Å². The minimum absolute atomic E-state index is 0.116. The summed E-state index contributed by atoms with van der Waals surface area (Å²) in [7, 11) is 0. The number of halogens is 2. The minimum Gasteiger partial charge on any atom is -0.348 e. The first-order valence-corrected chi connectivity index (χ1v) is 33.1. The number of carbonyl (C=O) groups excluding carboxylic acids is 2. The SMILES string of the molecule is CC(C)(C)NC(=O)c1cn(C(c2ccccc2)(c2ccccc2)c2ccccc2)c2ncc(-c3n[nH]c4cc(F)ccc34)nc12.CC(C)(C)NC(=O)c1cn(C(c2ccccc2)(c2ccccc2)c2ccccc2)c2ncc(-c3nn(CCC4COC(C)(C)O4)c4cc(F)ccc34)nc12. The van der Waals surface area contributed by atoms with Gasteiger partial charge in [-0.25, -0.2) is 28.7 Å². The molecule has 8 aromatic carbocycles. The number of hydrogen-bond acceptors (Lipinski definition) is 10. The van der Waals surface area contributed by atoms with E-state index in [0.717, 1.165) is 38.8 Å². The number of aromatic nitrogens is 10. The predicted molar refractivity (Wildman–Crippen MR) is 382 cm³/mol. The molecule has 16 nitrogen and oxygen atoms in total. The molecule has 1 aliphatic rings. The lowest BCUT2D eigenvalue weighted by atomic mass is 9.76. The lowest BCUT2D eigenvalue weighted by molar-refractivity contribution is -0.139. The van der Waals surface area contributed by atoms with Gasteiger partial charge in [0.2, 0.25) is 0 Å². The van der Waals surface area contributed by atoms with Gasteiger partial charge in [-0.05, 0) is 132 Å². The fourth-order valence-electron chi connectivity index (χ4n) is 13.6. The van der Waals surface area contributed by atoms with Crippen molar-refractivity contribution < 1.29 is 27.8 Å². The number of nitrogens with zero attached hydrogens (tertiary/aromatic N) is 9. The zero-order chi connectivity index (χ0) is 68.8. The highest BCUT2D eigenvalue weighted by atomic mass is 19.1. The predicted octanol–water partition coefficient (Wildman–Crippen LogP) is 16.0. The van der Waals surface area contributed by atoms with Gasteiger partial charge in [0.05, 0.1) is 47.3 Å². The molecule has 1 unspecified atom stereocenters. The third kappa shape index (κ3) is 12.4. The zero-order valence-corrected chi connectivity index (χ0v) is 56.2. The Morgan fingerprint density at radius 1 is 0.535 bits per heavy atom. The topological polar surface area (TPSA) is 185 Å². The highest BCUT2D eigenvalue weighted by Gasteiger charge is 2.43. The first-order chi connectivity index (χ1) is 47.7. The Morgan fingerprint density at radius 3 is 1.32 bits per heavy atom. The van der Waals surface area contributed by atoms with Gasteiger partial charge in [0.1, 0.15) is 56.5 Å². The van der Waals surface area contributed by atoms with E-state index in [2.05, 4.69) is 103 Å². The van der Waals surface area contributed by atoms with Crippen LogP contribution in [-0.4, -0.2) is 90.4 Å². The van der Waals surface area contributed by atoms with Crippen LogP contribution in [0.2, 0.25) is 0 Å². The summed E-state index contributed by atoms with van der Waals surface area (Å²) in [5, 5.41) is 20.0. The van der Waals surface area contributed by atoms with Crippen molar-refractivity contribution in [3.63, 3.8) is 0 Å². The summed E-state index contributed by atoms with van der Waals surface area (Å²) in [5.41, 5.74) is 8.90. The fraction of sp³-hybridized carbons (Fsp3) is 0.210. The molecule has 14 aromatic rings. The number of fused-ring (bicyclic) bond motifs is 4. The molecule has 18 heteroatoms. The Kier molecular flexibility index (Phi) is 17.0. The molecular formula is C81H74F2N12O4. The molecule has 0 radical (unpaired) electrons. The molecule has 0 saturated carbocycles. The third-order valence-corrected chi connectivity index (χ3v) is 17.8. The van der Waals surface area contributed by atoms with Crippen molar-refractivity contribution in [1.82, 2.24) is 59.7 Å². The quantitative estimate of drug-likeness (QED) is 0.0835. The van der Waals surface area contributed by atoms with Gasteiger partial charge in [0, 0.05) is 40.8 Å². The first kappa shape index (κ1) is 65.0. The number of aromatic amines is 1. The number of H-pyrrole nitrogens is 1. The Balaban J connectivity index is 0.000000172. The van der Waals surface area contributed by atoms with Gasteiger partial charge >= 0.3 is 0 Å². The van der Waals surface area contributed by atoms with Crippen LogP contribution in [0.4, 0.5) is 8.78 Å². The molecule has 2 amide bonds. The van der Waals surface area contributed by atoms with Crippen molar-refractivity contribution >= 4 is 55.9 Å². The Bertz CT molecular complexity index is 5070. The van der Waals surface area contributed by atoms with Gasteiger partial charge in [-0.3, -0.25) is 19.4 Å². The van der Waals surface area contributed by atoms with E-state index in [4.69, 9.17) is 34.5 Å². The van der Waals surface area contributed by atoms with Crippen LogP contribution in [0.25, 0.3) is 66.9 Å². The van der Waals surface area contributed by atoms with Gasteiger partial charge in [-0.15, -0.1) is 0 Å². The van der Waals surface area contributed by atoms with Gasteiger partial charge in [0.15, 0.2) is 17.1 Å². The smallest absolute Gasteiger partial charge is 0.255 e. The van der Waals surface area contributed by atoms with Crippen LogP contribution in [0.5, 0.6) is 0 Å². The molecule has 0 aliphatic carbocycles. The molecule has 1 fully saturated rings. The van der Waals surface area contributed by atoms with E-state index in [9.17, 15) is 18.4 Å². The molecule has 1 saturated heterocycles. The second-order valence-corrected chi connectivity index (χ2v) is 27.4. The van der Waals surface area contributed by atoms with Crippen LogP contribution in [0.3, 0.4) is 0 Å². The van der Waals surface area contributed by atoms with E-state index in [1.165, 1.54) is 24.3 Å². The van der Waals surface area contributed by atoms with Crippen molar-refractivity contribution in [2.45, 2.75) is 102 Å². The van der Waals surface area contributed by atoms with Gasteiger partial charge in [-0.1, -0.05) is 182 Å². The van der Waals surface area contributed by atoms with Crippen molar-refractivity contribution in [3.05, 3.63) is 299 Å². The standard InChI is InChI=1S/C44H43FN6O3.C37H31FN6O/c1-42(2,3)48-41(52)35-27-50(44(29-15-9-6-10-16-29,30-17-11-7-12-18-30)31-19-13-8-14-20-31)40-39(35)47-36(26-46-40)38-34-22-21-32(45)25-37(34)51(49-38)24-23-33-28-53-43(4,5)54-33;1-36(2,3)41-35(45)29-23-44(34-33(29)40-31(22-39-34)32-28-20-19-27(38)21-30(28)42-43-32)37(24-13-7-4-8-14-24,25-15-9-5-10-16-25)26-17-11-6-12-18-26/h6-22,25-27,33H,23-24,28H2,1-5H3,(H,48,52);4-23H,1-3H3,(H,41,45)(H,42,43). The molecule has 1 aliphatic heterocycles. The maximum Gasteiger partial charge on any atom is 0.255 e. The molecule has 7 heterocycles. The number of rotatable bonds is 15. The van der Waals surface area contributed by atoms with Crippen molar-refractivity contribution in [2.75, 3.05) is 6.61 Å². The summed E-state index contributed by atoms with van der Waals surface area (Å²) in [6.07, 6.45) is 7.61. The molecule has 15 rings (SSSR count). The average molecular weight is 1320 g/mol. The van der Waals surface area contributed by atoms with Crippen molar-refractivity contribution in [3.8, 4) is 22.8 Å². The average Bonchev–Trinajstić information content (AvgIpc) is 1.68. The number of hydrogen-bond donors (Lipinski definition) is 3. The van der Waals surface area contributed by atoms with E-state index in [1.807, 2.05) is 177 Å². The highest BCUT2D eigenvalue weighted by Crippen LogP contribution is 2.46. The molecule has 1 atom stereocenters. The van der Waals surface area contributed by atoms with E-state index >= 15 is 0 Å². The first-order valence-electron chi connectivity index (χ1n) is 33.1. The van der Waals surface area contributed by atoms with Crippen LogP contribution >= 0.6 is 0 Å². The number of aryl methyl sites for hydroxylation is 1. The number of carbonyl (C=O) groups is 2. The molecule has 99 heavy (non-hydrogen) atoms. The van der Waals surface area contributed by atoms with E-state index in [0.29, 0.717) is 92.2 Å². The van der Waals surface area contributed by atoms with Gasteiger partial charge in [0.25, 0.3) is 11.8 Å². The lowest BCUT2D eigenvalue weighted by Crippen LogP contribution is -2.40. The van der Waals surface area contributed by atoms with Crippen LogP contribution in [0.1, 0.15) is 116 Å². The number of nitrogens with one attached hydrogen (secondary N) is 3.